The average Bonchev–Trinajstić information content (AvgIpc) is 1.38. The fourth-order valence-corrected chi connectivity index (χ4v) is 0. The van der Waals surface area contributed by atoms with Crippen LogP contribution >= 0.6 is 0 Å². The van der Waals surface area contributed by atoms with Gasteiger partial charge in [0.15, 0.2) is 0 Å². The van der Waals surface area contributed by atoms with Gasteiger partial charge in [0.05, 0.1) is 7.11 Å². The minimum absolute atomic E-state index is 0. The van der Waals surface area contributed by atoms with Crippen molar-refractivity contribution in [1.29, 1.82) is 0 Å². The van der Waals surface area contributed by atoms with Gasteiger partial charge in [-0.3, -0.25) is 4.79 Å². The smallest absolute Gasteiger partial charge is 0.302 e. The monoisotopic (exact) mass is 92.0 g/mol. The number of hydrogen-bond acceptors (Lipinski definition) is 2. The van der Waals surface area contributed by atoms with E-state index >= 15 is 0 Å². The van der Waals surface area contributed by atoms with Crippen LogP contribution in [0.5, 0.6) is 0 Å². The number of esters is 1. The summed E-state index contributed by atoms with van der Waals surface area (Å²) in [5, 5.41) is 0. The third-order valence-corrected chi connectivity index (χ3v) is 0.287. The van der Waals surface area contributed by atoms with Crippen LogP contribution in [0.15, 0.2) is 0 Å². The molecule has 0 aromatic carbocycles. The first-order chi connectivity index (χ1) is 2.27. The summed E-state index contributed by atoms with van der Waals surface area (Å²) < 4.78 is 4.11. The van der Waals surface area contributed by atoms with E-state index in [-0.39, 0.29) is 11.4 Å². The van der Waals surface area contributed by atoms with Crippen LogP contribution in [-0.4, -0.2) is 18.6 Å². The van der Waals surface area contributed by atoms with Gasteiger partial charge in [0, 0.05) is 6.92 Å². The summed E-state index contributed by atoms with van der Waals surface area (Å²) in [6, 6.07) is 0. The average molecular weight is 92.1 g/mol. The summed E-state index contributed by atoms with van der Waals surface area (Å²) >= 11 is 0. The van der Waals surface area contributed by atoms with E-state index in [9.17, 15) is 4.79 Å². The first kappa shape index (κ1) is 9.06. The van der Waals surface area contributed by atoms with Gasteiger partial charge < -0.3 is 10.2 Å². The van der Waals surface area contributed by atoms with Crippen molar-refractivity contribution in [1.82, 2.24) is 0 Å². The maximum atomic E-state index is 9.59. The largest absolute Gasteiger partial charge is 0.469 e. The van der Waals surface area contributed by atoms with Crippen LogP contribution in [0.1, 0.15) is 6.92 Å². The van der Waals surface area contributed by atoms with Crippen molar-refractivity contribution in [2.45, 2.75) is 6.92 Å². The zero-order chi connectivity index (χ0) is 4.28. The van der Waals surface area contributed by atoms with Gasteiger partial charge in [0.1, 0.15) is 0 Å². The SMILES string of the molecule is COC(C)=O.O. The molecule has 0 bridgehead atoms. The summed E-state index contributed by atoms with van der Waals surface area (Å²) in [7, 11) is 1.35. The zero-order valence-electron chi connectivity index (χ0n) is 3.82. The Kier molecular flexibility index (Phi) is 6.69. The summed E-state index contributed by atoms with van der Waals surface area (Å²) in [6.07, 6.45) is 0. The number of ether oxygens (including phenoxy) is 1. The van der Waals surface area contributed by atoms with Crippen molar-refractivity contribution >= 4 is 5.97 Å². The number of rotatable bonds is 0. The first-order valence-electron chi connectivity index (χ1n) is 1.32. The van der Waals surface area contributed by atoms with Crippen LogP contribution in [0.3, 0.4) is 0 Å². The van der Waals surface area contributed by atoms with E-state index in [1.807, 2.05) is 0 Å². The van der Waals surface area contributed by atoms with Gasteiger partial charge in [0.2, 0.25) is 0 Å². The van der Waals surface area contributed by atoms with Crippen LogP contribution in [0.4, 0.5) is 0 Å². The second-order valence-corrected chi connectivity index (χ2v) is 0.696. The maximum absolute atomic E-state index is 9.59. The molecule has 0 aliphatic rings. The number of methoxy groups -OCH3 is 1. The molecule has 0 heterocycles. The molecule has 0 saturated carbocycles. The standard InChI is InChI=1S/C3H6O2.H2O/c1-3(4)5-2;/h1-2H3;1H2. The summed E-state index contributed by atoms with van der Waals surface area (Å²) in [6.45, 7) is 1.36. The number of carbonyl (C=O) groups excluding carboxylic acids is 1. The van der Waals surface area contributed by atoms with E-state index in [2.05, 4.69) is 4.74 Å². The van der Waals surface area contributed by atoms with Gasteiger partial charge in [0.25, 0.3) is 0 Å². The van der Waals surface area contributed by atoms with Crippen molar-refractivity contribution in [2.75, 3.05) is 7.11 Å². The Morgan fingerprint density at radius 3 is 1.83 bits per heavy atom. The summed E-state index contributed by atoms with van der Waals surface area (Å²) in [5.41, 5.74) is 0. The molecule has 0 amide bonds. The molecule has 0 aliphatic heterocycles. The second-order valence-electron chi connectivity index (χ2n) is 0.696. The van der Waals surface area contributed by atoms with Crippen LogP contribution in [-0.2, 0) is 9.53 Å². The van der Waals surface area contributed by atoms with E-state index in [4.69, 9.17) is 0 Å². The topological polar surface area (TPSA) is 57.8 Å². The molecule has 0 saturated heterocycles. The quantitative estimate of drug-likeness (QED) is 0.373. The van der Waals surface area contributed by atoms with Crippen molar-refractivity contribution in [3.05, 3.63) is 0 Å². The molecule has 0 radical (unpaired) electrons. The van der Waals surface area contributed by atoms with Gasteiger partial charge in [-0.1, -0.05) is 0 Å². The van der Waals surface area contributed by atoms with Gasteiger partial charge in [-0.25, -0.2) is 0 Å². The lowest BCUT2D eigenvalue weighted by molar-refractivity contribution is -0.137. The Bertz CT molecular complexity index is 41.3. The predicted molar refractivity (Wildman–Crippen MR) is 21.3 cm³/mol. The number of hydrogen-bond donors (Lipinski definition) is 0. The third-order valence-electron chi connectivity index (χ3n) is 0.287. The second kappa shape index (κ2) is 4.43. The minimum Gasteiger partial charge on any atom is -0.469 e. The number of carbonyl (C=O) groups is 1. The van der Waals surface area contributed by atoms with Crippen LogP contribution in [0.25, 0.3) is 0 Å². The molecule has 3 heteroatoms. The van der Waals surface area contributed by atoms with Gasteiger partial charge in [-0.05, 0) is 0 Å². The molecule has 0 atom stereocenters. The molecule has 0 unspecified atom stereocenters. The van der Waals surface area contributed by atoms with E-state index < -0.39 is 0 Å². The summed E-state index contributed by atoms with van der Waals surface area (Å²) in [5.74, 6) is -0.245. The van der Waals surface area contributed by atoms with Crippen LogP contribution in [0.2, 0.25) is 0 Å². The van der Waals surface area contributed by atoms with Crippen molar-refractivity contribution in [2.24, 2.45) is 0 Å². The molecule has 0 aromatic rings. The fourth-order valence-electron chi connectivity index (χ4n) is 0. The van der Waals surface area contributed by atoms with Gasteiger partial charge in [-0.2, -0.15) is 0 Å². The van der Waals surface area contributed by atoms with E-state index in [0.29, 0.717) is 0 Å². The van der Waals surface area contributed by atoms with Crippen LogP contribution in [0, 0.1) is 0 Å². The van der Waals surface area contributed by atoms with E-state index in [0.717, 1.165) is 0 Å². The molecule has 0 aliphatic carbocycles. The van der Waals surface area contributed by atoms with Crippen molar-refractivity contribution in [3.8, 4) is 0 Å². The van der Waals surface area contributed by atoms with E-state index in [1.165, 1.54) is 14.0 Å². The fraction of sp³-hybridized carbons (Fsp3) is 0.667. The minimum atomic E-state index is -0.245. The highest BCUT2D eigenvalue weighted by atomic mass is 16.5. The Labute approximate surface area is 36.2 Å². The molecule has 0 aromatic heterocycles. The lowest BCUT2D eigenvalue weighted by Gasteiger charge is -1.80. The van der Waals surface area contributed by atoms with Crippen molar-refractivity contribution in [3.63, 3.8) is 0 Å². The van der Waals surface area contributed by atoms with Gasteiger partial charge >= 0.3 is 5.97 Å². The highest BCUT2D eigenvalue weighted by Crippen LogP contribution is 1.60. The Morgan fingerprint density at radius 1 is 1.67 bits per heavy atom. The highest BCUT2D eigenvalue weighted by molar-refractivity contribution is 5.65. The zero-order valence-corrected chi connectivity index (χ0v) is 3.82. The lowest BCUT2D eigenvalue weighted by atomic mass is 10.8. The van der Waals surface area contributed by atoms with Crippen molar-refractivity contribution < 1.29 is 15.0 Å². The Hall–Kier alpha value is -0.570. The van der Waals surface area contributed by atoms with Gasteiger partial charge in [-0.15, -0.1) is 0 Å². The van der Waals surface area contributed by atoms with Crippen LogP contribution < -0.4 is 0 Å². The molecule has 0 rings (SSSR count). The molecule has 2 N–H and O–H groups in total. The molecule has 0 fully saturated rings. The molecule has 6 heavy (non-hydrogen) atoms. The third kappa shape index (κ3) is 9.90. The normalized spacial score (nSPS) is 5.67. The Morgan fingerprint density at radius 2 is 1.83 bits per heavy atom. The highest BCUT2D eigenvalue weighted by Gasteiger charge is 1.75. The maximum Gasteiger partial charge on any atom is 0.302 e. The summed E-state index contributed by atoms with van der Waals surface area (Å²) in [4.78, 5) is 9.59. The van der Waals surface area contributed by atoms with E-state index in [1.54, 1.807) is 0 Å². The first-order valence-corrected chi connectivity index (χ1v) is 1.32. The molecular weight excluding hydrogens is 84.0 g/mol. The predicted octanol–water partition coefficient (Wildman–Crippen LogP) is -0.645. The molecular formula is C3H8O3. The molecule has 38 valence electrons. The molecule has 3 nitrogen and oxygen atoms in total. The Balaban J connectivity index is 0. The lowest BCUT2D eigenvalue weighted by Crippen LogP contribution is -1.88. The molecule has 0 spiro atoms.